The fraction of sp³-hybridized carbons (Fsp3) is 0.222. The highest BCUT2D eigenvalue weighted by Crippen LogP contribution is 2.15. The number of hydrogen-bond acceptors (Lipinski definition) is 4. The van der Waals surface area contributed by atoms with Crippen LogP contribution in [-0.4, -0.2) is 14.2 Å². The fourth-order valence-corrected chi connectivity index (χ4v) is 1.41. The number of Topliss-reactive ketones (excluding diaryl/α,β-unsaturated/α-hetero) is 1. The Morgan fingerprint density at radius 1 is 1.33 bits per heavy atom. The molecule has 15 heavy (non-hydrogen) atoms. The number of rotatable bonds is 4. The lowest BCUT2D eigenvalue weighted by molar-refractivity contribution is -0.116. The van der Waals surface area contributed by atoms with E-state index in [4.69, 9.17) is 0 Å². The van der Waals surface area contributed by atoms with Crippen molar-refractivity contribution < 1.29 is 21.3 Å². The first kappa shape index (κ1) is 11.6. The van der Waals surface area contributed by atoms with Crippen molar-refractivity contribution in [3.63, 3.8) is 0 Å². The number of carbonyl (C=O) groups excluding carboxylic acids is 1. The summed E-state index contributed by atoms with van der Waals surface area (Å²) in [6.07, 6.45) is 0.253. The molecule has 0 amide bonds. The largest absolute Gasteiger partial charge is 0.488 e. The van der Waals surface area contributed by atoms with Gasteiger partial charge in [0.2, 0.25) is 0 Å². The Hall–Kier alpha value is -1.43. The third kappa shape index (κ3) is 4.55. The minimum atomic E-state index is -4.98. The molecule has 0 aliphatic carbocycles. The van der Waals surface area contributed by atoms with Gasteiger partial charge in [-0.1, -0.05) is 16.0 Å². The zero-order valence-electron chi connectivity index (χ0n) is 7.94. The Balaban J connectivity index is 2.77. The normalized spacial score (nSPS) is 11.1. The second-order valence-corrected chi connectivity index (χ2v) is 3.95. The molecular weight excluding hydrogens is 223 g/mol. The summed E-state index contributed by atoms with van der Waals surface area (Å²) in [5.41, 5.74) is 0.714. The van der Waals surface area contributed by atoms with Gasteiger partial charge >= 0.3 is 10.5 Å². The third-order valence-electron chi connectivity index (χ3n) is 1.57. The zero-order chi connectivity index (χ0) is 11.5. The first-order valence-electron chi connectivity index (χ1n) is 4.09. The smallest absolute Gasteiger partial charge is 0.358 e. The molecule has 0 atom stereocenters. The molecule has 82 valence electrons. The molecule has 1 aromatic rings. The lowest BCUT2D eigenvalue weighted by atomic mass is 10.1. The quantitative estimate of drug-likeness (QED) is 0.736. The van der Waals surface area contributed by atoms with Crippen molar-refractivity contribution in [2.24, 2.45) is 0 Å². The molecule has 1 aromatic carbocycles. The van der Waals surface area contributed by atoms with E-state index in [9.17, 15) is 17.1 Å². The topological polar surface area (TPSA) is 60.4 Å². The zero-order valence-corrected chi connectivity index (χ0v) is 8.75. The van der Waals surface area contributed by atoms with E-state index >= 15 is 0 Å². The van der Waals surface area contributed by atoms with Gasteiger partial charge in [0.1, 0.15) is 11.5 Å². The van der Waals surface area contributed by atoms with Crippen molar-refractivity contribution in [1.29, 1.82) is 0 Å². The van der Waals surface area contributed by atoms with Crippen molar-refractivity contribution in [2.45, 2.75) is 13.3 Å². The van der Waals surface area contributed by atoms with E-state index in [1.54, 1.807) is 0 Å². The Morgan fingerprint density at radius 3 is 2.27 bits per heavy atom. The summed E-state index contributed by atoms with van der Waals surface area (Å²) in [7, 11) is -4.98. The van der Waals surface area contributed by atoms with Gasteiger partial charge in [0.15, 0.2) is 0 Å². The number of ketones is 1. The van der Waals surface area contributed by atoms with Crippen LogP contribution in [0.4, 0.5) is 3.89 Å². The molecule has 0 unspecified atom stereocenters. The summed E-state index contributed by atoms with van der Waals surface area (Å²) in [5, 5.41) is 0. The average Bonchev–Trinajstić information content (AvgIpc) is 2.05. The molecule has 6 heteroatoms. The van der Waals surface area contributed by atoms with E-state index in [1.165, 1.54) is 31.2 Å². The lowest BCUT2D eigenvalue weighted by Gasteiger charge is -2.01. The van der Waals surface area contributed by atoms with Gasteiger partial charge < -0.3 is 4.18 Å². The summed E-state index contributed by atoms with van der Waals surface area (Å²) in [6, 6.07) is 5.58. The van der Waals surface area contributed by atoms with Crippen molar-refractivity contribution >= 4 is 16.3 Å². The molecule has 0 bridgehead atoms. The molecular formula is C9H9FO4S. The van der Waals surface area contributed by atoms with E-state index in [0.717, 1.165) is 0 Å². The molecule has 1 rings (SSSR count). The summed E-state index contributed by atoms with van der Waals surface area (Å²) in [4.78, 5) is 10.7. The Labute approximate surface area is 87.1 Å². The van der Waals surface area contributed by atoms with Crippen LogP contribution in [-0.2, 0) is 21.7 Å². The van der Waals surface area contributed by atoms with Crippen molar-refractivity contribution in [3.05, 3.63) is 29.8 Å². The minimum Gasteiger partial charge on any atom is -0.358 e. The Bertz CT molecular complexity index is 450. The van der Waals surface area contributed by atoms with Gasteiger partial charge in [-0.2, -0.15) is 8.42 Å². The maximum Gasteiger partial charge on any atom is 0.488 e. The minimum absolute atomic E-state index is 0.0122. The summed E-state index contributed by atoms with van der Waals surface area (Å²) in [6.45, 7) is 1.44. The van der Waals surface area contributed by atoms with Crippen LogP contribution in [0, 0.1) is 0 Å². The highest BCUT2D eigenvalue weighted by Gasteiger charge is 2.09. The van der Waals surface area contributed by atoms with Crippen LogP contribution in [0.2, 0.25) is 0 Å². The van der Waals surface area contributed by atoms with E-state index in [-0.39, 0.29) is 18.0 Å². The second kappa shape index (κ2) is 4.39. The Kier molecular flexibility index (Phi) is 3.41. The molecule has 0 saturated carbocycles. The highest BCUT2D eigenvalue weighted by molar-refractivity contribution is 7.81. The van der Waals surface area contributed by atoms with Crippen LogP contribution in [0.3, 0.4) is 0 Å². The van der Waals surface area contributed by atoms with Gasteiger partial charge in [0.25, 0.3) is 0 Å². The van der Waals surface area contributed by atoms with Crippen LogP contribution in [0.15, 0.2) is 24.3 Å². The van der Waals surface area contributed by atoms with Crippen LogP contribution in [0.25, 0.3) is 0 Å². The van der Waals surface area contributed by atoms with Crippen LogP contribution < -0.4 is 4.18 Å². The van der Waals surface area contributed by atoms with E-state index in [0.29, 0.717) is 5.56 Å². The number of carbonyl (C=O) groups is 1. The van der Waals surface area contributed by atoms with Gasteiger partial charge in [0.05, 0.1) is 0 Å². The summed E-state index contributed by atoms with van der Waals surface area (Å²) >= 11 is 0. The Morgan fingerprint density at radius 2 is 1.87 bits per heavy atom. The van der Waals surface area contributed by atoms with Gasteiger partial charge in [-0.3, -0.25) is 4.79 Å². The maximum absolute atomic E-state index is 12.1. The van der Waals surface area contributed by atoms with Crippen molar-refractivity contribution in [2.75, 3.05) is 0 Å². The van der Waals surface area contributed by atoms with Gasteiger partial charge in [-0.25, -0.2) is 0 Å². The maximum atomic E-state index is 12.1. The summed E-state index contributed by atoms with van der Waals surface area (Å²) in [5.74, 6) is -0.133. The van der Waals surface area contributed by atoms with Crippen LogP contribution in [0.1, 0.15) is 12.5 Å². The SMILES string of the molecule is CC(=O)Cc1ccc(OS(=O)(=O)F)cc1. The first-order valence-corrected chi connectivity index (χ1v) is 5.40. The predicted octanol–water partition coefficient (Wildman–Crippen LogP) is 1.41. The molecule has 0 N–H and O–H groups in total. The third-order valence-corrected chi connectivity index (χ3v) is 1.96. The number of hydrogen-bond donors (Lipinski definition) is 0. The number of halogens is 1. The predicted molar refractivity (Wildman–Crippen MR) is 51.5 cm³/mol. The molecule has 4 nitrogen and oxygen atoms in total. The molecule has 0 aromatic heterocycles. The molecule has 0 aliphatic heterocycles. The average molecular weight is 232 g/mol. The van der Waals surface area contributed by atoms with Crippen molar-refractivity contribution in [1.82, 2.24) is 0 Å². The van der Waals surface area contributed by atoms with Crippen LogP contribution in [0.5, 0.6) is 5.75 Å². The van der Waals surface area contributed by atoms with Gasteiger partial charge in [-0.15, -0.1) is 0 Å². The molecule has 0 spiro atoms. The molecule has 0 heterocycles. The molecule has 0 saturated heterocycles. The molecule has 0 aliphatic rings. The van der Waals surface area contributed by atoms with E-state index in [2.05, 4.69) is 4.18 Å². The molecule has 0 fully saturated rings. The van der Waals surface area contributed by atoms with Gasteiger partial charge in [0, 0.05) is 6.42 Å². The highest BCUT2D eigenvalue weighted by atomic mass is 32.3. The standard InChI is InChI=1S/C9H9FO4S/c1-7(11)6-8-2-4-9(5-3-8)14-15(10,12)13/h2-5H,6H2,1H3. The van der Waals surface area contributed by atoms with Gasteiger partial charge in [-0.05, 0) is 24.6 Å². The lowest BCUT2D eigenvalue weighted by Crippen LogP contribution is -2.01. The summed E-state index contributed by atoms with van der Waals surface area (Å²) < 4.78 is 36.3. The van der Waals surface area contributed by atoms with E-state index in [1.807, 2.05) is 0 Å². The second-order valence-electron chi connectivity index (χ2n) is 3.00. The fourth-order valence-electron chi connectivity index (χ4n) is 1.07. The molecule has 0 radical (unpaired) electrons. The monoisotopic (exact) mass is 232 g/mol. The van der Waals surface area contributed by atoms with Crippen LogP contribution >= 0.6 is 0 Å². The first-order chi connectivity index (χ1) is 6.87. The van der Waals surface area contributed by atoms with E-state index < -0.39 is 10.5 Å². The van der Waals surface area contributed by atoms with Crippen molar-refractivity contribution in [3.8, 4) is 5.75 Å². The number of benzene rings is 1.